The van der Waals surface area contributed by atoms with Gasteiger partial charge in [0.2, 0.25) is 5.88 Å². The lowest BCUT2D eigenvalue weighted by Gasteiger charge is -2.26. The minimum Gasteiger partial charge on any atom is -0.439 e. The molecule has 0 bridgehead atoms. The molecule has 180 valence electrons. The van der Waals surface area contributed by atoms with Crippen LogP contribution >= 0.6 is 11.6 Å². The molecule has 0 fully saturated rings. The Morgan fingerprint density at radius 1 is 1.03 bits per heavy atom. The van der Waals surface area contributed by atoms with E-state index >= 15 is 0 Å². The highest BCUT2D eigenvalue weighted by Crippen LogP contribution is 2.37. The molecule has 0 spiro atoms. The molecular formula is C22H20ClF4N5O2. The highest BCUT2D eigenvalue weighted by Gasteiger charge is 2.38. The minimum absolute atomic E-state index is 0.0114. The molecular weight excluding hydrogens is 478 g/mol. The van der Waals surface area contributed by atoms with Crippen LogP contribution < -0.4 is 9.64 Å². The number of hydrogen-bond acceptors (Lipinski definition) is 5. The first-order valence-corrected chi connectivity index (χ1v) is 10.3. The van der Waals surface area contributed by atoms with Gasteiger partial charge in [0.05, 0.1) is 0 Å². The van der Waals surface area contributed by atoms with Crippen molar-refractivity contribution in [1.82, 2.24) is 19.9 Å². The maximum absolute atomic E-state index is 13.2. The van der Waals surface area contributed by atoms with Gasteiger partial charge >= 0.3 is 12.2 Å². The second-order valence-electron chi connectivity index (χ2n) is 7.32. The van der Waals surface area contributed by atoms with E-state index in [4.69, 9.17) is 16.3 Å². The largest absolute Gasteiger partial charge is 0.439 e. The number of aromatic nitrogens is 3. The van der Waals surface area contributed by atoms with Crippen molar-refractivity contribution in [1.29, 1.82) is 0 Å². The summed E-state index contributed by atoms with van der Waals surface area (Å²) in [6.45, 7) is -0.607. The van der Waals surface area contributed by atoms with Crippen LogP contribution in [0.15, 0.2) is 48.9 Å². The van der Waals surface area contributed by atoms with Crippen molar-refractivity contribution in [2.75, 3.05) is 25.5 Å². The molecule has 2 amide bonds. The van der Waals surface area contributed by atoms with E-state index in [0.29, 0.717) is 23.6 Å². The standard InChI is InChI=1S/C22H20ClF4N5O2/c1-31(2)21(33)32(20-18(23)19(22(25,26)27)29-13-30-20)10-9-14-3-6-16(7-4-14)34-17-8-5-15(11-24)12-28-17/h3-8,12-13H,9-11H2,1-2H3. The Balaban J connectivity index is 1.75. The first kappa shape index (κ1) is 25.2. The van der Waals surface area contributed by atoms with Crippen molar-refractivity contribution in [2.24, 2.45) is 0 Å². The number of alkyl halides is 4. The number of anilines is 1. The van der Waals surface area contributed by atoms with Crippen molar-refractivity contribution in [3.05, 3.63) is 70.8 Å². The maximum atomic E-state index is 13.2. The Kier molecular flexibility index (Phi) is 7.87. The summed E-state index contributed by atoms with van der Waals surface area (Å²) in [5, 5.41) is -0.750. The molecule has 0 saturated heterocycles. The summed E-state index contributed by atoms with van der Waals surface area (Å²) < 4.78 is 57.8. The van der Waals surface area contributed by atoms with Crippen molar-refractivity contribution in [3.8, 4) is 11.6 Å². The number of rotatable bonds is 7. The lowest BCUT2D eigenvalue weighted by atomic mass is 10.1. The van der Waals surface area contributed by atoms with Gasteiger partial charge in [-0.15, -0.1) is 0 Å². The van der Waals surface area contributed by atoms with Gasteiger partial charge in [-0.2, -0.15) is 13.2 Å². The van der Waals surface area contributed by atoms with E-state index in [1.807, 2.05) is 0 Å². The first-order valence-electron chi connectivity index (χ1n) is 9.94. The number of urea groups is 1. The van der Waals surface area contributed by atoms with Crippen LogP contribution in [0, 0.1) is 0 Å². The lowest BCUT2D eigenvalue weighted by Crippen LogP contribution is -2.41. The van der Waals surface area contributed by atoms with Gasteiger partial charge in [0.15, 0.2) is 11.5 Å². The van der Waals surface area contributed by atoms with Crippen LogP contribution in [0.2, 0.25) is 5.02 Å². The predicted octanol–water partition coefficient (Wildman–Crippen LogP) is 5.54. The zero-order chi connectivity index (χ0) is 24.9. The Morgan fingerprint density at radius 3 is 2.26 bits per heavy atom. The summed E-state index contributed by atoms with van der Waals surface area (Å²) in [5.74, 6) is 0.455. The van der Waals surface area contributed by atoms with E-state index in [9.17, 15) is 22.4 Å². The monoisotopic (exact) mass is 497 g/mol. The molecule has 0 unspecified atom stereocenters. The van der Waals surface area contributed by atoms with E-state index in [1.165, 1.54) is 25.2 Å². The summed E-state index contributed by atoms with van der Waals surface area (Å²) in [6, 6.07) is 9.37. The average Bonchev–Trinajstić information content (AvgIpc) is 2.80. The Labute approximate surface area is 198 Å². The van der Waals surface area contributed by atoms with Crippen LogP contribution in [0.5, 0.6) is 11.6 Å². The van der Waals surface area contributed by atoms with Gasteiger partial charge in [-0.05, 0) is 30.2 Å². The summed E-state index contributed by atoms with van der Waals surface area (Å²) >= 11 is 5.93. The molecule has 0 aliphatic carbocycles. The van der Waals surface area contributed by atoms with Crippen molar-refractivity contribution >= 4 is 23.4 Å². The molecule has 0 aliphatic heterocycles. The summed E-state index contributed by atoms with van der Waals surface area (Å²) in [5.41, 5.74) is -0.0954. The summed E-state index contributed by atoms with van der Waals surface area (Å²) in [4.78, 5) is 26.0. The summed E-state index contributed by atoms with van der Waals surface area (Å²) in [7, 11) is 2.94. The topological polar surface area (TPSA) is 71.5 Å². The third kappa shape index (κ3) is 6.10. The minimum atomic E-state index is -4.79. The quantitative estimate of drug-likeness (QED) is 0.401. The predicted molar refractivity (Wildman–Crippen MR) is 118 cm³/mol. The second kappa shape index (κ2) is 10.6. The normalized spacial score (nSPS) is 11.3. The van der Waals surface area contributed by atoms with Gasteiger partial charge in [0.1, 0.15) is 23.8 Å². The molecule has 34 heavy (non-hydrogen) atoms. The molecule has 12 heteroatoms. The Hall–Kier alpha value is -3.47. The van der Waals surface area contributed by atoms with Crippen LogP contribution in [-0.4, -0.2) is 46.5 Å². The van der Waals surface area contributed by atoms with Gasteiger partial charge in [0, 0.05) is 38.5 Å². The molecule has 1 aromatic carbocycles. The zero-order valence-electron chi connectivity index (χ0n) is 18.2. The van der Waals surface area contributed by atoms with Gasteiger partial charge in [-0.3, -0.25) is 4.90 Å². The zero-order valence-corrected chi connectivity index (χ0v) is 18.9. The first-order chi connectivity index (χ1) is 16.1. The number of amides is 2. The number of pyridine rings is 1. The SMILES string of the molecule is CN(C)C(=O)N(CCc1ccc(Oc2ccc(CF)cn2)cc1)c1ncnc(C(F)(F)F)c1Cl. The maximum Gasteiger partial charge on any atom is 0.435 e. The molecule has 3 rings (SSSR count). The second-order valence-corrected chi connectivity index (χ2v) is 7.70. The van der Waals surface area contributed by atoms with E-state index in [0.717, 1.165) is 16.8 Å². The molecule has 2 aromatic heterocycles. The number of benzene rings is 1. The molecule has 0 aliphatic rings. The molecule has 7 nitrogen and oxygen atoms in total. The molecule has 0 N–H and O–H groups in total. The molecule has 0 saturated carbocycles. The van der Waals surface area contributed by atoms with E-state index in [1.54, 1.807) is 36.4 Å². The van der Waals surface area contributed by atoms with Crippen molar-refractivity contribution in [2.45, 2.75) is 19.3 Å². The van der Waals surface area contributed by atoms with Crippen LogP contribution in [0.4, 0.5) is 28.2 Å². The fourth-order valence-electron chi connectivity index (χ4n) is 2.92. The number of hydrogen-bond donors (Lipinski definition) is 0. The average molecular weight is 498 g/mol. The number of nitrogens with zero attached hydrogens (tertiary/aromatic N) is 5. The Morgan fingerprint density at radius 2 is 1.71 bits per heavy atom. The van der Waals surface area contributed by atoms with E-state index in [-0.39, 0.29) is 12.4 Å². The third-order valence-electron chi connectivity index (χ3n) is 4.63. The van der Waals surface area contributed by atoms with Gasteiger partial charge < -0.3 is 9.64 Å². The molecule has 3 aromatic rings. The Bertz CT molecular complexity index is 1130. The third-order valence-corrected chi connectivity index (χ3v) is 4.98. The van der Waals surface area contributed by atoms with Gasteiger partial charge in [-0.1, -0.05) is 23.7 Å². The van der Waals surface area contributed by atoms with Crippen LogP contribution in [0.1, 0.15) is 16.8 Å². The number of carbonyl (C=O) groups is 1. The van der Waals surface area contributed by atoms with E-state index in [2.05, 4.69) is 15.0 Å². The van der Waals surface area contributed by atoms with Crippen LogP contribution in [0.3, 0.4) is 0 Å². The molecule has 0 radical (unpaired) electrons. The number of halogens is 5. The van der Waals surface area contributed by atoms with Gasteiger partial charge in [-0.25, -0.2) is 24.1 Å². The summed E-state index contributed by atoms with van der Waals surface area (Å²) in [6.07, 6.45) is -2.40. The fourth-order valence-corrected chi connectivity index (χ4v) is 3.22. The van der Waals surface area contributed by atoms with Gasteiger partial charge in [0.25, 0.3) is 0 Å². The highest BCUT2D eigenvalue weighted by molar-refractivity contribution is 6.34. The number of ether oxygens (including phenoxy) is 1. The number of carbonyl (C=O) groups excluding carboxylic acids is 1. The highest BCUT2D eigenvalue weighted by atomic mass is 35.5. The van der Waals surface area contributed by atoms with E-state index < -0.39 is 29.6 Å². The van der Waals surface area contributed by atoms with Crippen molar-refractivity contribution < 1.29 is 27.1 Å². The van der Waals surface area contributed by atoms with Crippen LogP contribution in [-0.2, 0) is 19.3 Å². The van der Waals surface area contributed by atoms with Crippen molar-refractivity contribution in [3.63, 3.8) is 0 Å². The lowest BCUT2D eigenvalue weighted by molar-refractivity contribution is -0.141. The fraction of sp³-hybridized carbons (Fsp3) is 0.273. The molecule has 2 heterocycles. The van der Waals surface area contributed by atoms with Crippen LogP contribution in [0.25, 0.3) is 0 Å². The molecule has 0 atom stereocenters. The smallest absolute Gasteiger partial charge is 0.435 e.